The second kappa shape index (κ2) is 12.9. The molecule has 0 unspecified atom stereocenters. The van der Waals surface area contributed by atoms with Crippen LogP contribution in [-0.4, -0.2) is 5.97 Å². The molecule has 1 aliphatic carbocycles. The second-order valence-electron chi connectivity index (χ2n) is 9.53. The summed E-state index contributed by atoms with van der Waals surface area (Å²) in [4.78, 5) is 12.6. The molecular weight excluding hydrogens is 418 g/mol. The van der Waals surface area contributed by atoms with Gasteiger partial charge in [-0.1, -0.05) is 76.6 Å². The summed E-state index contributed by atoms with van der Waals surface area (Å²) in [7, 11) is 0. The van der Waals surface area contributed by atoms with Crippen molar-refractivity contribution in [3.63, 3.8) is 0 Å². The van der Waals surface area contributed by atoms with Gasteiger partial charge in [-0.15, -0.1) is 0 Å². The van der Waals surface area contributed by atoms with Crippen molar-refractivity contribution >= 4 is 5.97 Å². The lowest BCUT2D eigenvalue weighted by Gasteiger charge is -2.27. The summed E-state index contributed by atoms with van der Waals surface area (Å²) in [6, 6.07) is 10.5. The van der Waals surface area contributed by atoms with Gasteiger partial charge in [0, 0.05) is 5.56 Å². The molecule has 0 aliphatic heterocycles. The van der Waals surface area contributed by atoms with E-state index in [-0.39, 0.29) is 17.2 Å². The van der Waals surface area contributed by atoms with Crippen molar-refractivity contribution in [3.05, 3.63) is 53.6 Å². The molecule has 1 saturated carbocycles. The topological polar surface area (TPSA) is 26.3 Å². The average molecular weight is 457 g/mol. The van der Waals surface area contributed by atoms with E-state index >= 15 is 0 Å². The van der Waals surface area contributed by atoms with Crippen molar-refractivity contribution in [2.24, 2.45) is 11.8 Å². The molecule has 0 N–H and O–H groups in total. The van der Waals surface area contributed by atoms with Crippen LogP contribution in [0.1, 0.15) is 90.0 Å². The lowest BCUT2D eigenvalue weighted by molar-refractivity contribution is -0.140. The Morgan fingerprint density at radius 1 is 0.848 bits per heavy atom. The fourth-order valence-electron chi connectivity index (χ4n) is 4.83. The first-order valence-corrected chi connectivity index (χ1v) is 12.8. The molecule has 0 saturated heterocycles. The van der Waals surface area contributed by atoms with Gasteiger partial charge >= 0.3 is 5.97 Å². The summed E-state index contributed by atoms with van der Waals surface area (Å²) in [5.41, 5.74) is 1.99. The van der Waals surface area contributed by atoms with E-state index in [0.29, 0.717) is 11.5 Å². The Balaban J connectivity index is 1.58. The summed E-state index contributed by atoms with van der Waals surface area (Å²) in [5.74, 6) is -2.38. The number of benzene rings is 2. The Morgan fingerprint density at radius 3 is 2.18 bits per heavy atom. The van der Waals surface area contributed by atoms with Crippen LogP contribution in [0.5, 0.6) is 5.75 Å². The van der Waals surface area contributed by atoms with E-state index in [1.807, 2.05) is 24.3 Å². The van der Waals surface area contributed by atoms with Crippen molar-refractivity contribution in [2.45, 2.75) is 90.9 Å². The molecule has 4 heteroatoms. The Labute approximate surface area is 197 Å². The molecule has 0 bridgehead atoms. The number of unbranched alkanes of at least 4 members (excludes halogenated alkanes) is 4. The first-order chi connectivity index (χ1) is 16.0. The van der Waals surface area contributed by atoms with Gasteiger partial charge in [-0.05, 0) is 67.7 Å². The summed E-state index contributed by atoms with van der Waals surface area (Å²) in [6.45, 7) is 4.37. The summed E-state index contributed by atoms with van der Waals surface area (Å²) in [6.07, 6.45) is 12.9. The zero-order valence-electron chi connectivity index (χ0n) is 20.2. The fraction of sp³-hybridized carbons (Fsp3) is 0.552. The largest absolute Gasteiger partial charge is 0.423 e. The van der Waals surface area contributed by atoms with Crippen LogP contribution in [0, 0.1) is 23.5 Å². The van der Waals surface area contributed by atoms with E-state index in [4.69, 9.17) is 4.74 Å². The zero-order chi connectivity index (χ0) is 23.6. The molecule has 0 atom stereocenters. The van der Waals surface area contributed by atoms with Crippen LogP contribution < -0.4 is 4.74 Å². The highest BCUT2D eigenvalue weighted by Gasteiger charge is 2.28. The maximum Gasteiger partial charge on any atom is 0.314 e. The van der Waals surface area contributed by atoms with Crippen LogP contribution in [0.25, 0.3) is 11.1 Å². The van der Waals surface area contributed by atoms with Gasteiger partial charge in [-0.2, -0.15) is 4.39 Å². The van der Waals surface area contributed by atoms with Gasteiger partial charge in [0.05, 0.1) is 5.92 Å². The molecule has 3 rings (SSSR count). The lowest BCUT2D eigenvalue weighted by atomic mass is 9.80. The zero-order valence-corrected chi connectivity index (χ0v) is 20.2. The molecule has 2 aromatic carbocycles. The van der Waals surface area contributed by atoms with E-state index in [0.717, 1.165) is 38.5 Å². The predicted molar refractivity (Wildman–Crippen MR) is 130 cm³/mol. The first-order valence-electron chi connectivity index (χ1n) is 12.8. The minimum atomic E-state index is -1.10. The molecule has 0 amide bonds. The number of carbonyl (C=O) groups is 1. The Bertz CT molecular complexity index is 883. The number of hydrogen-bond donors (Lipinski definition) is 0. The van der Waals surface area contributed by atoms with Gasteiger partial charge in [0.15, 0.2) is 11.6 Å². The molecule has 0 heterocycles. The smallest absolute Gasteiger partial charge is 0.314 e. The van der Waals surface area contributed by atoms with E-state index in [1.54, 1.807) is 0 Å². The number of ether oxygens (including phenoxy) is 1. The normalized spacial score (nSPS) is 18.3. The SMILES string of the molecule is CCCCCc1ccc(-c2ccc(OC(=O)[C@H]3CC[C@H](CCCCC)CC3)c(F)c2F)cc1. The maximum atomic E-state index is 14.8. The number of rotatable bonds is 11. The van der Waals surface area contributed by atoms with Crippen LogP contribution in [0.3, 0.4) is 0 Å². The van der Waals surface area contributed by atoms with Crippen LogP contribution in [0.2, 0.25) is 0 Å². The van der Waals surface area contributed by atoms with Crippen LogP contribution in [0.4, 0.5) is 8.78 Å². The molecule has 33 heavy (non-hydrogen) atoms. The third-order valence-corrected chi connectivity index (χ3v) is 6.99. The van der Waals surface area contributed by atoms with E-state index in [1.165, 1.54) is 56.2 Å². The molecule has 1 fully saturated rings. The molecule has 2 aromatic rings. The molecule has 0 aromatic heterocycles. The highest BCUT2D eigenvalue weighted by Crippen LogP contribution is 2.34. The van der Waals surface area contributed by atoms with Gasteiger partial charge in [0.25, 0.3) is 0 Å². The van der Waals surface area contributed by atoms with Gasteiger partial charge < -0.3 is 4.74 Å². The molecule has 2 nitrogen and oxygen atoms in total. The minimum absolute atomic E-state index is 0.181. The number of esters is 1. The van der Waals surface area contributed by atoms with Crippen LogP contribution in [0.15, 0.2) is 36.4 Å². The monoisotopic (exact) mass is 456 g/mol. The van der Waals surface area contributed by atoms with Crippen LogP contribution in [-0.2, 0) is 11.2 Å². The quantitative estimate of drug-likeness (QED) is 0.192. The van der Waals surface area contributed by atoms with Gasteiger partial charge in [-0.25, -0.2) is 4.39 Å². The van der Waals surface area contributed by atoms with Crippen molar-refractivity contribution in [2.75, 3.05) is 0 Å². The molecule has 0 spiro atoms. The third-order valence-electron chi connectivity index (χ3n) is 6.99. The number of hydrogen-bond acceptors (Lipinski definition) is 2. The predicted octanol–water partition coefficient (Wildman–Crippen LogP) is 8.66. The van der Waals surface area contributed by atoms with Gasteiger partial charge in [-0.3, -0.25) is 4.79 Å². The fourth-order valence-corrected chi connectivity index (χ4v) is 4.83. The number of carbonyl (C=O) groups excluding carboxylic acids is 1. The summed E-state index contributed by atoms with van der Waals surface area (Å²) in [5, 5.41) is 0. The average Bonchev–Trinajstić information content (AvgIpc) is 2.83. The maximum absolute atomic E-state index is 14.8. The minimum Gasteiger partial charge on any atom is -0.423 e. The van der Waals surface area contributed by atoms with Crippen molar-refractivity contribution < 1.29 is 18.3 Å². The van der Waals surface area contributed by atoms with Crippen molar-refractivity contribution in [3.8, 4) is 16.9 Å². The Hall–Kier alpha value is -2.23. The molecule has 180 valence electrons. The summed E-state index contributed by atoms with van der Waals surface area (Å²) >= 11 is 0. The highest BCUT2D eigenvalue weighted by atomic mass is 19.2. The van der Waals surface area contributed by atoms with E-state index < -0.39 is 17.6 Å². The van der Waals surface area contributed by atoms with Crippen LogP contribution >= 0.6 is 0 Å². The molecular formula is C29H38F2O2. The van der Waals surface area contributed by atoms with Crippen molar-refractivity contribution in [1.82, 2.24) is 0 Å². The number of aryl methyl sites for hydroxylation is 1. The van der Waals surface area contributed by atoms with E-state index in [9.17, 15) is 13.6 Å². The molecule has 0 radical (unpaired) electrons. The molecule has 1 aliphatic rings. The standard InChI is InChI=1S/C29H38F2O2/c1-3-5-7-9-21-11-15-23(16-12-21)25-19-20-26(28(31)27(25)30)33-29(32)24-17-13-22(14-18-24)10-8-6-4-2/h11-12,15-16,19-20,22,24H,3-10,13-14,17-18H2,1-2H3/t22-,24-. The van der Waals surface area contributed by atoms with Crippen molar-refractivity contribution in [1.29, 1.82) is 0 Å². The Morgan fingerprint density at radius 2 is 1.52 bits per heavy atom. The first kappa shape index (κ1) is 25.4. The van der Waals surface area contributed by atoms with Gasteiger partial charge in [0.1, 0.15) is 0 Å². The van der Waals surface area contributed by atoms with Gasteiger partial charge in [0.2, 0.25) is 5.82 Å². The van der Waals surface area contributed by atoms with E-state index in [2.05, 4.69) is 13.8 Å². The highest BCUT2D eigenvalue weighted by molar-refractivity contribution is 5.76. The Kier molecular flexibility index (Phi) is 9.90. The number of halogens is 2. The lowest BCUT2D eigenvalue weighted by Crippen LogP contribution is -2.26. The second-order valence-corrected chi connectivity index (χ2v) is 9.53. The summed E-state index contributed by atoms with van der Waals surface area (Å²) < 4.78 is 34.9. The third kappa shape index (κ3) is 7.12.